The summed E-state index contributed by atoms with van der Waals surface area (Å²) in [5, 5.41) is 0. The zero-order valence-corrected chi connectivity index (χ0v) is 13.1. The molecule has 0 saturated heterocycles. The van der Waals surface area contributed by atoms with Crippen molar-refractivity contribution in [3.8, 4) is 0 Å². The van der Waals surface area contributed by atoms with E-state index >= 15 is 0 Å². The van der Waals surface area contributed by atoms with E-state index < -0.39 is 0 Å². The molecule has 7 nitrogen and oxygen atoms in total. The maximum atomic E-state index is 12.5. The van der Waals surface area contributed by atoms with E-state index in [2.05, 4.69) is 4.98 Å². The molecule has 2 rings (SSSR count). The van der Waals surface area contributed by atoms with E-state index in [0.29, 0.717) is 30.8 Å². The molecule has 0 saturated carbocycles. The Morgan fingerprint density at radius 1 is 1.19 bits per heavy atom. The normalized spacial score (nSPS) is 11.7. The van der Waals surface area contributed by atoms with E-state index in [9.17, 15) is 9.59 Å². The van der Waals surface area contributed by atoms with Crippen LogP contribution in [0.15, 0.2) is 9.59 Å². The van der Waals surface area contributed by atoms with Crippen LogP contribution >= 0.6 is 0 Å². The molecule has 2 heterocycles. The molecule has 7 heteroatoms. The molecule has 0 atom stereocenters. The fourth-order valence-corrected chi connectivity index (χ4v) is 2.60. The Morgan fingerprint density at radius 2 is 1.86 bits per heavy atom. The first-order valence-corrected chi connectivity index (χ1v) is 7.34. The van der Waals surface area contributed by atoms with Crippen LogP contribution in [-0.2, 0) is 20.1 Å². The van der Waals surface area contributed by atoms with Crippen LogP contribution < -0.4 is 17.0 Å². The highest BCUT2D eigenvalue weighted by molar-refractivity contribution is 5.71. The molecule has 0 spiro atoms. The molecule has 0 aliphatic rings. The monoisotopic (exact) mass is 293 g/mol. The SMILES string of the molecule is CCCn1c(=O)n(C)c(=O)c2c1nc(C(C)C)n2CCN. The number of nitrogens with two attached hydrogens (primary N) is 1. The number of hydrogen-bond acceptors (Lipinski definition) is 4. The summed E-state index contributed by atoms with van der Waals surface area (Å²) < 4.78 is 4.58. The molecule has 0 fully saturated rings. The smallest absolute Gasteiger partial charge is 0.329 e. The van der Waals surface area contributed by atoms with Crippen LogP contribution in [0.3, 0.4) is 0 Å². The molecule has 0 aromatic carbocycles. The van der Waals surface area contributed by atoms with Crippen molar-refractivity contribution in [1.29, 1.82) is 0 Å². The largest absolute Gasteiger partial charge is 0.332 e. The average Bonchev–Trinajstić information content (AvgIpc) is 2.81. The lowest BCUT2D eigenvalue weighted by Gasteiger charge is -2.10. The van der Waals surface area contributed by atoms with E-state index in [-0.39, 0.29) is 17.2 Å². The van der Waals surface area contributed by atoms with E-state index in [4.69, 9.17) is 5.73 Å². The molecule has 21 heavy (non-hydrogen) atoms. The van der Waals surface area contributed by atoms with Crippen molar-refractivity contribution in [1.82, 2.24) is 18.7 Å². The van der Waals surface area contributed by atoms with Crippen molar-refractivity contribution in [2.45, 2.75) is 46.2 Å². The molecule has 0 bridgehead atoms. The summed E-state index contributed by atoms with van der Waals surface area (Å²) in [6.07, 6.45) is 0.800. The Hall–Kier alpha value is -1.89. The van der Waals surface area contributed by atoms with Gasteiger partial charge in [0, 0.05) is 32.6 Å². The van der Waals surface area contributed by atoms with E-state index in [1.54, 1.807) is 4.57 Å². The van der Waals surface area contributed by atoms with Crippen LogP contribution in [0.5, 0.6) is 0 Å². The predicted octanol–water partition coefficient (Wildman–Crippen LogP) is 0.389. The summed E-state index contributed by atoms with van der Waals surface area (Å²) in [5.74, 6) is 0.946. The molecule has 0 aliphatic carbocycles. The van der Waals surface area contributed by atoms with Crippen molar-refractivity contribution in [3.63, 3.8) is 0 Å². The van der Waals surface area contributed by atoms with E-state index in [1.807, 2.05) is 25.3 Å². The number of fused-ring (bicyclic) bond motifs is 1. The quantitative estimate of drug-likeness (QED) is 0.863. The van der Waals surface area contributed by atoms with Crippen molar-refractivity contribution in [2.24, 2.45) is 12.8 Å². The third-order valence-corrected chi connectivity index (χ3v) is 3.58. The Kier molecular flexibility index (Phi) is 4.32. The molecule has 0 amide bonds. The van der Waals surface area contributed by atoms with Gasteiger partial charge in [0.25, 0.3) is 5.56 Å². The van der Waals surface area contributed by atoms with Gasteiger partial charge in [-0.2, -0.15) is 0 Å². The van der Waals surface area contributed by atoms with Crippen LogP contribution in [0.4, 0.5) is 0 Å². The first-order valence-electron chi connectivity index (χ1n) is 7.34. The van der Waals surface area contributed by atoms with Crippen LogP contribution in [-0.4, -0.2) is 25.2 Å². The minimum Gasteiger partial charge on any atom is -0.329 e. The second-order valence-corrected chi connectivity index (χ2v) is 5.54. The van der Waals surface area contributed by atoms with Gasteiger partial charge >= 0.3 is 5.69 Å². The van der Waals surface area contributed by atoms with Gasteiger partial charge in [-0.05, 0) is 6.42 Å². The first kappa shape index (κ1) is 15.5. The molecular weight excluding hydrogens is 270 g/mol. The summed E-state index contributed by atoms with van der Waals surface area (Å²) in [6, 6.07) is 0. The summed E-state index contributed by atoms with van der Waals surface area (Å²) >= 11 is 0. The van der Waals surface area contributed by atoms with Gasteiger partial charge in [0.15, 0.2) is 11.2 Å². The van der Waals surface area contributed by atoms with Gasteiger partial charge < -0.3 is 10.3 Å². The molecule has 0 aliphatic heterocycles. The number of hydrogen-bond donors (Lipinski definition) is 1. The fraction of sp³-hybridized carbons (Fsp3) is 0.643. The lowest BCUT2D eigenvalue weighted by atomic mass is 10.2. The Labute approximate surface area is 123 Å². The third-order valence-electron chi connectivity index (χ3n) is 3.58. The van der Waals surface area contributed by atoms with Crippen molar-refractivity contribution < 1.29 is 0 Å². The van der Waals surface area contributed by atoms with Gasteiger partial charge in [-0.25, -0.2) is 9.78 Å². The maximum Gasteiger partial charge on any atom is 0.332 e. The minimum absolute atomic E-state index is 0.152. The Balaban J connectivity index is 2.97. The zero-order valence-electron chi connectivity index (χ0n) is 13.1. The number of nitrogens with zero attached hydrogens (tertiary/aromatic N) is 4. The fourth-order valence-electron chi connectivity index (χ4n) is 2.60. The number of aromatic nitrogens is 4. The second kappa shape index (κ2) is 5.85. The molecule has 2 N–H and O–H groups in total. The molecular formula is C14H23N5O2. The van der Waals surface area contributed by atoms with Crippen molar-refractivity contribution in [3.05, 3.63) is 26.7 Å². The molecule has 0 radical (unpaired) electrons. The van der Waals surface area contributed by atoms with Gasteiger partial charge in [0.1, 0.15) is 5.82 Å². The highest BCUT2D eigenvalue weighted by atomic mass is 16.2. The summed E-state index contributed by atoms with van der Waals surface area (Å²) in [4.78, 5) is 29.3. The number of aryl methyl sites for hydroxylation is 1. The third kappa shape index (κ3) is 2.42. The number of rotatable bonds is 5. The van der Waals surface area contributed by atoms with Crippen molar-refractivity contribution in [2.75, 3.05) is 6.54 Å². The summed E-state index contributed by atoms with van der Waals surface area (Å²) in [6.45, 7) is 7.50. The first-order chi connectivity index (χ1) is 9.93. The molecule has 116 valence electrons. The molecule has 0 unspecified atom stereocenters. The lowest BCUT2D eigenvalue weighted by molar-refractivity contribution is 0.608. The van der Waals surface area contributed by atoms with Crippen LogP contribution in [0, 0.1) is 0 Å². The van der Waals surface area contributed by atoms with Crippen LogP contribution in [0.25, 0.3) is 11.2 Å². The standard InChI is InChI=1S/C14H23N5O2/c1-5-7-19-12-10(13(20)17(4)14(19)21)18(8-6-15)11(16-12)9(2)3/h9H,5-8,15H2,1-4H3. The minimum atomic E-state index is -0.318. The van der Waals surface area contributed by atoms with Gasteiger partial charge in [-0.3, -0.25) is 13.9 Å². The van der Waals surface area contributed by atoms with Gasteiger partial charge in [-0.1, -0.05) is 20.8 Å². The van der Waals surface area contributed by atoms with E-state index in [0.717, 1.165) is 16.8 Å². The highest BCUT2D eigenvalue weighted by Crippen LogP contribution is 2.18. The molecule has 2 aromatic heterocycles. The average molecular weight is 293 g/mol. The predicted molar refractivity (Wildman–Crippen MR) is 82.7 cm³/mol. The van der Waals surface area contributed by atoms with Crippen molar-refractivity contribution >= 4 is 11.2 Å². The number of imidazole rings is 1. The Bertz CT molecular complexity index is 766. The van der Waals surface area contributed by atoms with Gasteiger partial charge in [0.05, 0.1) is 0 Å². The highest BCUT2D eigenvalue weighted by Gasteiger charge is 2.20. The molecule has 2 aromatic rings. The van der Waals surface area contributed by atoms with Crippen LogP contribution in [0.1, 0.15) is 38.9 Å². The van der Waals surface area contributed by atoms with E-state index in [1.165, 1.54) is 7.05 Å². The zero-order chi connectivity index (χ0) is 15.7. The Morgan fingerprint density at radius 3 is 2.38 bits per heavy atom. The summed E-state index contributed by atoms with van der Waals surface area (Å²) in [5.41, 5.74) is 5.99. The van der Waals surface area contributed by atoms with Gasteiger partial charge in [0.2, 0.25) is 0 Å². The second-order valence-electron chi connectivity index (χ2n) is 5.54. The lowest BCUT2D eigenvalue weighted by Crippen LogP contribution is -2.39. The van der Waals surface area contributed by atoms with Gasteiger partial charge in [-0.15, -0.1) is 0 Å². The topological polar surface area (TPSA) is 87.8 Å². The maximum absolute atomic E-state index is 12.5. The summed E-state index contributed by atoms with van der Waals surface area (Å²) in [7, 11) is 1.51. The van der Waals surface area contributed by atoms with Crippen LogP contribution in [0.2, 0.25) is 0 Å².